The Morgan fingerprint density at radius 1 is 1.23 bits per heavy atom. The first-order valence-electron chi connectivity index (χ1n) is 7.93. The predicted molar refractivity (Wildman–Crippen MR) is 82.7 cm³/mol. The van der Waals surface area contributed by atoms with Crippen molar-refractivity contribution in [2.24, 2.45) is 0 Å². The van der Waals surface area contributed by atoms with Crippen molar-refractivity contribution in [3.05, 3.63) is 30.2 Å². The van der Waals surface area contributed by atoms with Gasteiger partial charge in [0.25, 0.3) is 0 Å². The van der Waals surface area contributed by atoms with Gasteiger partial charge < -0.3 is 14.4 Å². The summed E-state index contributed by atoms with van der Waals surface area (Å²) in [5, 5.41) is 14.2. The van der Waals surface area contributed by atoms with Gasteiger partial charge in [0, 0.05) is 11.5 Å². The highest BCUT2D eigenvalue weighted by Gasteiger charge is 2.29. The third-order valence-electron chi connectivity index (χ3n) is 4.30. The average Bonchev–Trinajstić information content (AvgIpc) is 3.30. The van der Waals surface area contributed by atoms with Crippen LogP contribution in [0.1, 0.15) is 51.3 Å². The van der Waals surface area contributed by atoms with E-state index in [1.54, 1.807) is 0 Å². The molecule has 1 heterocycles. The molecule has 22 heavy (non-hydrogen) atoms. The van der Waals surface area contributed by atoms with E-state index >= 15 is 0 Å². The van der Waals surface area contributed by atoms with Crippen molar-refractivity contribution in [3.63, 3.8) is 0 Å². The molecule has 5 nitrogen and oxygen atoms in total. The maximum absolute atomic E-state index is 10.2. The molecule has 0 aliphatic heterocycles. The minimum absolute atomic E-state index is 0.299. The number of nitrogens with zero attached hydrogens (tertiary/aromatic N) is 2. The Kier molecular flexibility index (Phi) is 4.16. The molecule has 0 unspecified atom stereocenters. The number of aliphatic hydroxyl groups is 1. The highest BCUT2D eigenvalue weighted by molar-refractivity contribution is 5.55. The minimum Gasteiger partial charge on any atom is -0.491 e. The summed E-state index contributed by atoms with van der Waals surface area (Å²) in [4.78, 5) is 4.43. The van der Waals surface area contributed by atoms with Gasteiger partial charge in [0.2, 0.25) is 11.7 Å². The molecule has 1 aromatic carbocycles. The smallest absolute Gasteiger partial charge is 0.230 e. The van der Waals surface area contributed by atoms with Crippen LogP contribution in [0.3, 0.4) is 0 Å². The number of hydrogen-bond acceptors (Lipinski definition) is 5. The first-order valence-corrected chi connectivity index (χ1v) is 7.93. The molecule has 118 valence electrons. The summed E-state index contributed by atoms with van der Waals surface area (Å²) in [7, 11) is 0. The van der Waals surface area contributed by atoms with Gasteiger partial charge in [-0.25, -0.2) is 0 Å². The van der Waals surface area contributed by atoms with Crippen LogP contribution in [0.5, 0.6) is 5.75 Å². The van der Waals surface area contributed by atoms with Gasteiger partial charge in [0.15, 0.2) is 0 Å². The summed E-state index contributed by atoms with van der Waals surface area (Å²) in [6, 6.07) is 7.56. The minimum atomic E-state index is -0.758. The van der Waals surface area contributed by atoms with Crippen LogP contribution in [0.25, 0.3) is 11.4 Å². The van der Waals surface area contributed by atoms with Gasteiger partial charge >= 0.3 is 0 Å². The van der Waals surface area contributed by atoms with Gasteiger partial charge in [-0.15, -0.1) is 0 Å². The van der Waals surface area contributed by atoms with Gasteiger partial charge in [0.05, 0.1) is 5.60 Å². The van der Waals surface area contributed by atoms with E-state index < -0.39 is 5.60 Å². The summed E-state index contributed by atoms with van der Waals surface area (Å²) >= 11 is 0. The molecular weight excluding hydrogens is 280 g/mol. The van der Waals surface area contributed by atoms with Crippen LogP contribution in [0.4, 0.5) is 0 Å². The molecule has 1 N–H and O–H groups in total. The normalized spacial score (nSPS) is 15.0. The zero-order chi connectivity index (χ0) is 15.6. The largest absolute Gasteiger partial charge is 0.491 e. The van der Waals surface area contributed by atoms with Gasteiger partial charge in [0.1, 0.15) is 12.4 Å². The van der Waals surface area contributed by atoms with Crippen molar-refractivity contribution in [1.29, 1.82) is 0 Å². The number of benzene rings is 1. The molecular formula is C17H22N2O3. The molecule has 0 amide bonds. The van der Waals surface area contributed by atoms with Crippen molar-refractivity contribution < 1.29 is 14.4 Å². The molecule has 1 aromatic heterocycles. The van der Waals surface area contributed by atoms with Crippen molar-refractivity contribution in [1.82, 2.24) is 10.1 Å². The van der Waals surface area contributed by atoms with Crippen LogP contribution in [0, 0.1) is 0 Å². The van der Waals surface area contributed by atoms with Crippen LogP contribution >= 0.6 is 0 Å². The number of ether oxygens (including phenoxy) is 1. The first-order chi connectivity index (χ1) is 10.6. The zero-order valence-electron chi connectivity index (χ0n) is 13.1. The van der Waals surface area contributed by atoms with E-state index in [9.17, 15) is 5.11 Å². The summed E-state index contributed by atoms with van der Waals surface area (Å²) in [6.45, 7) is 4.22. The molecule has 1 saturated carbocycles. The Bertz CT molecular complexity index is 613. The fourth-order valence-corrected chi connectivity index (χ4v) is 2.22. The Morgan fingerprint density at radius 2 is 1.91 bits per heavy atom. The molecule has 0 radical (unpaired) electrons. The maximum atomic E-state index is 10.2. The average molecular weight is 302 g/mol. The predicted octanol–water partition coefficient (Wildman–Crippen LogP) is 3.54. The van der Waals surface area contributed by atoms with E-state index in [1.807, 2.05) is 38.1 Å². The molecule has 2 aromatic rings. The van der Waals surface area contributed by atoms with Crippen molar-refractivity contribution in [2.75, 3.05) is 6.61 Å². The van der Waals surface area contributed by atoms with Crippen LogP contribution in [-0.2, 0) is 0 Å². The van der Waals surface area contributed by atoms with E-state index in [2.05, 4.69) is 10.1 Å². The Hall–Kier alpha value is -1.88. The van der Waals surface area contributed by atoms with E-state index in [-0.39, 0.29) is 0 Å². The molecule has 1 fully saturated rings. The summed E-state index contributed by atoms with van der Waals surface area (Å²) in [5.41, 5.74) is 0.148. The molecule has 1 aliphatic rings. The number of rotatable bonds is 7. The van der Waals surface area contributed by atoms with Gasteiger partial charge in [-0.2, -0.15) is 4.98 Å². The Balaban J connectivity index is 1.64. The molecule has 0 saturated heterocycles. The highest BCUT2D eigenvalue weighted by Crippen LogP contribution is 2.39. The standard InChI is InChI=1S/C17H22N2O3/c1-3-17(20,4-2)11-21-14-9-7-12(8-10-14)15-18-16(22-19-15)13-5-6-13/h7-10,13,20H,3-6,11H2,1-2H3. The maximum Gasteiger partial charge on any atom is 0.230 e. The van der Waals surface area contributed by atoms with Crippen LogP contribution in [-0.4, -0.2) is 27.5 Å². The third-order valence-corrected chi connectivity index (χ3v) is 4.30. The lowest BCUT2D eigenvalue weighted by Crippen LogP contribution is -2.34. The second kappa shape index (κ2) is 6.08. The van der Waals surface area contributed by atoms with Crippen LogP contribution in [0.15, 0.2) is 28.8 Å². The monoisotopic (exact) mass is 302 g/mol. The lowest BCUT2D eigenvalue weighted by atomic mass is 9.99. The van der Waals surface area contributed by atoms with Gasteiger partial charge in [-0.3, -0.25) is 0 Å². The third kappa shape index (κ3) is 3.30. The Morgan fingerprint density at radius 3 is 2.50 bits per heavy atom. The molecule has 1 aliphatic carbocycles. The highest BCUT2D eigenvalue weighted by atomic mass is 16.5. The second-order valence-electron chi connectivity index (χ2n) is 5.97. The van der Waals surface area contributed by atoms with Crippen molar-refractivity contribution in [2.45, 2.75) is 51.0 Å². The fourth-order valence-electron chi connectivity index (χ4n) is 2.22. The molecule has 0 spiro atoms. The summed E-state index contributed by atoms with van der Waals surface area (Å²) in [5.74, 6) is 2.55. The number of hydrogen-bond donors (Lipinski definition) is 1. The lowest BCUT2D eigenvalue weighted by molar-refractivity contribution is -0.0113. The summed E-state index contributed by atoms with van der Waals surface area (Å²) in [6.07, 6.45) is 3.64. The lowest BCUT2D eigenvalue weighted by Gasteiger charge is -2.25. The molecule has 0 atom stereocenters. The quantitative estimate of drug-likeness (QED) is 0.847. The van der Waals surface area contributed by atoms with E-state index in [1.165, 1.54) is 0 Å². The first kappa shape index (κ1) is 15.0. The van der Waals surface area contributed by atoms with E-state index in [4.69, 9.17) is 9.26 Å². The van der Waals surface area contributed by atoms with Crippen LogP contribution in [0.2, 0.25) is 0 Å². The van der Waals surface area contributed by atoms with Gasteiger partial charge in [-0.1, -0.05) is 19.0 Å². The van der Waals surface area contributed by atoms with Crippen LogP contribution < -0.4 is 4.74 Å². The van der Waals surface area contributed by atoms with Gasteiger partial charge in [-0.05, 0) is 49.9 Å². The van der Waals surface area contributed by atoms with Crippen molar-refractivity contribution in [3.8, 4) is 17.1 Å². The SMILES string of the molecule is CCC(O)(CC)COc1ccc(-c2noc(C3CC3)n2)cc1. The zero-order valence-corrected chi connectivity index (χ0v) is 13.1. The molecule has 0 bridgehead atoms. The van der Waals surface area contributed by atoms with Crippen molar-refractivity contribution >= 4 is 0 Å². The molecule has 5 heteroatoms. The fraction of sp³-hybridized carbons (Fsp3) is 0.529. The van der Waals surface area contributed by atoms with E-state index in [0.717, 1.165) is 30.0 Å². The van der Waals surface area contributed by atoms with E-state index in [0.29, 0.717) is 31.2 Å². The summed E-state index contributed by atoms with van der Waals surface area (Å²) < 4.78 is 11.0. The Labute approximate surface area is 130 Å². The second-order valence-corrected chi connectivity index (χ2v) is 5.97. The number of aromatic nitrogens is 2. The topological polar surface area (TPSA) is 68.4 Å². The molecule has 3 rings (SSSR count).